The van der Waals surface area contributed by atoms with Gasteiger partial charge in [-0.25, -0.2) is 0 Å². The van der Waals surface area contributed by atoms with Crippen molar-refractivity contribution in [3.05, 3.63) is 17.5 Å². The van der Waals surface area contributed by atoms with E-state index in [0.29, 0.717) is 17.5 Å². The van der Waals surface area contributed by atoms with Gasteiger partial charge in [0, 0.05) is 6.42 Å². The van der Waals surface area contributed by atoms with Gasteiger partial charge >= 0.3 is 0 Å². The zero-order valence-corrected chi connectivity index (χ0v) is 12.8. The standard InChI is InChI=1S/C14H17N3OS2/c18-12(9-10-5-2-1-3-6-10)15-14-17-16-13(20-14)11-7-4-8-19-11/h4,7-8,10H,1-3,5-6,9H2,(H,15,17,18). The lowest BCUT2D eigenvalue weighted by atomic mass is 9.87. The minimum Gasteiger partial charge on any atom is -0.301 e. The number of carbonyl (C=O) groups is 1. The van der Waals surface area contributed by atoms with Crippen molar-refractivity contribution in [3.63, 3.8) is 0 Å². The van der Waals surface area contributed by atoms with Crippen LogP contribution in [-0.2, 0) is 4.79 Å². The molecular formula is C14H17N3OS2. The zero-order valence-electron chi connectivity index (χ0n) is 11.2. The molecule has 3 rings (SSSR count). The van der Waals surface area contributed by atoms with E-state index < -0.39 is 0 Å². The summed E-state index contributed by atoms with van der Waals surface area (Å²) in [4.78, 5) is 13.1. The van der Waals surface area contributed by atoms with E-state index in [0.717, 1.165) is 9.88 Å². The Kier molecular flexibility index (Phi) is 4.42. The van der Waals surface area contributed by atoms with E-state index in [1.807, 2.05) is 17.5 Å². The number of nitrogens with one attached hydrogen (secondary N) is 1. The number of amides is 1. The van der Waals surface area contributed by atoms with Crippen LogP contribution in [0.3, 0.4) is 0 Å². The Labute approximate surface area is 126 Å². The molecule has 0 radical (unpaired) electrons. The SMILES string of the molecule is O=C(CC1CCCCC1)Nc1nnc(-c2cccs2)s1. The fraction of sp³-hybridized carbons (Fsp3) is 0.500. The first-order chi connectivity index (χ1) is 9.81. The van der Waals surface area contributed by atoms with Crippen LogP contribution in [0.25, 0.3) is 9.88 Å². The first kappa shape index (κ1) is 13.7. The summed E-state index contributed by atoms with van der Waals surface area (Å²) in [6.45, 7) is 0. The second-order valence-electron chi connectivity index (χ2n) is 5.15. The predicted molar refractivity (Wildman–Crippen MR) is 83.0 cm³/mol. The fourth-order valence-corrected chi connectivity index (χ4v) is 4.15. The van der Waals surface area contributed by atoms with Crippen LogP contribution < -0.4 is 5.32 Å². The quantitative estimate of drug-likeness (QED) is 0.922. The van der Waals surface area contributed by atoms with E-state index in [-0.39, 0.29) is 5.91 Å². The summed E-state index contributed by atoms with van der Waals surface area (Å²) in [5, 5.41) is 14.5. The third kappa shape index (κ3) is 3.43. The Morgan fingerprint density at radius 1 is 1.30 bits per heavy atom. The summed E-state index contributed by atoms with van der Waals surface area (Å²) in [6.07, 6.45) is 6.83. The Bertz CT molecular complexity index is 559. The average Bonchev–Trinajstić information content (AvgIpc) is 3.10. The van der Waals surface area contributed by atoms with Gasteiger partial charge in [0.25, 0.3) is 0 Å². The Hall–Kier alpha value is -1.27. The smallest absolute Gasteiger partial charge is 0.226 e. The molecule has 1 aliphatic rings. The topological polar surface area (TPSA) is 54.9 Å². The Morgan fingerprint density at radius 3 is 2.90 bits per heavy atom. The minimum atomic E-state index is 0.0748. The van der Waals surface area contributed by atoms with Crippen molar-refractivity contribution >= 4 is 33.7 Å². The molecule has 0 bridgehead atoms. The fourth-order valence-electron chi connectivity index (χ4n) is 2.60. The van der Waals surface area contributed by atoms with Gasteiger partial charge in [0.2, 0.25) is 11.0 Å². The molecule has 2 aromatic rings. The number of thiophene rings is 1. The maximum absolute atomic E-state index is 12.0. The molecule has 0 saturated heterocycles. The molecule has 1 fully saturated rings. The van der Waals surface area contributed by atoms with Crippen molar-refractivity contribution in [2.75, 3.05) is 5.32 Å². The Morgan fingerprint density at radius 2 is 2.15 bits per heavy atom. The second-order valence-corrected chi connectivity index (χ2v) is 7.07. The third-order valence-corrected chi connectivity index (χ3v) is 5.48. The van der Waals surface area contributed by atoms with Crippen LogP contribution in [-0.4, -0.2) is 16.1 Å². The molecule has 2 heterocycles. The first-order valence-corrected chi connectivity index (χ1v) is 8.68. The van der Waals surface area contributed by atoms with Crippen LogP contribution in [0.15, 0.2) is 17.5 Å². The largest absolute Gasteiger partial charge is 0.301 e. The van der Waals surface area contributed by atoms with Crippen LogP contribution in [0.5, 0.6) is 0 Å². The number of hydrogen-bond acceptors (Lipinski definition) is 5. The molecule has 0 atom stereocenters. The highest BCUT2D eigenvalue weighted by atomic mass is 32.1. The number of hydrogen-bond donors (Lipinski definition) is 1. The van der Waals surface area contributed by atoms with Gasteiger partial charge < -0.3 is 5.32 Å². The van der Waals surface area contributed by atoms with E-state index in [4.69, 9.17) is 0 Å². The molecule has 1 saturated carbocycles. The number of rotatable bonds is 4. The van der Waals surface area contributed by atoms with Crippen molar-refractivity contribution in [3.8, 4) is 9.88 Å². The number of carbonyl (C=O) groups excluding carboxylic acids is 1. The Balaban J connectivity index is 1.56. The monoisotopic (exact) mass is 307 g/mol. The lowest BCUT2D eigenvalue weighted by Crippen LogP contribution is -2.18. The molecule has 4 nitrogen and oxygen atoms in total. The molecule has 1 amide bonds. The highest BCUT2D eigenvalue weighted by Gasteiger charge is 2.18. The second kappa shape index (κ2) is 6.45. The summed E-state index contributed by atoms with van der Waals surface area (Å²) in [7, 11) is 0. The van der Waals surface area contributed by atoms with Crippen molar-refractivity contribution in [1.29, 1.82) is 0 Å². The zero-order chi connectivity index (χ0) is 13.8. The molecule has 6 heteroatoms. The van der Waals surface area contributed by atoms with Crippen LogP contribution in [0, 0.1) is 5.92 Å². The lowest BCUT2D eigenvalue weighted by molar-refractivity contribution is -0.117. The number of aromatic nitrogens is 2. The van der Waals surface area contributed by atoms with Gasteiger partial charge in [-0.15, -0.1) is 21.5 Å². The van der Waals surface area contributed by atoms with Crippen molar-refractivity contribution in [1.82, 2.24) is 10.2 Å². The summed E-state index contributed by atoms with van der Waals surface area (Å²) < 4.78 is 0. The predicted octanol–water partition coefficient (Wildman–Crippen LogP) is 4.18. The summed E-state index contributed by atoms with van der Waals surface area (Å²) >= 11 is 3.07. The molecule has 20 heavy (non-hydrogen) atoms. The molecule has 0 spiro atoms. The molecule has 1 aliphatic carbocycles. The van der Waals surface area contributed by atoms with Crippen LogP contribution >= 0.6 is 22.7 Å². The van der Waals surface area contributed by atoms with Crippen molar-refractivity contribution < 1.29 is 4.79 Å². The summed E-state index contributed by atoms with van der Waals surface area (Å²) in [5.41, 5.74) is 0. The highest BCUT2D eigenvalue weighted by Crippen LogP contribution is 2.30. The molecular weight excluding hydrogens is 290 g/mol. The summed E-state index contributed by atoms with van der Waals surface area (Å²) in [5.74, 6) is 0.624. The molecule has 0 aliphatic heterocycles. The average molecular weight is 307 g/mol. The lowest BCUT2D eigenvalue weighted by Gasteiger charge is -2.20. The molecule has 106 valence electrons. The van der Waals surface area contributed by atoms with Gasteiger partial charge in [-0.3, -0.25) is 4.79 Å². The maximum Gasteiger partial charge on any atom is 0.226 e. The molecule has 0 aromatic carbocycles. The molecule has 1 N–H and O–H groups in total. The third-order valence-electron chi connectivity index (χ3n) is 3.60. The van der Waals surface area contributed by atoms with Gasteiger partial charge in [-0.05, 0) is 30.2 Å². The molecule has 2 aromatic heterocycles. The van der Waals surface area contributed by atoms with E-state index in [1.165, 1.54) is 43.4 Å². The van der Waals surface area contributed by atoms with Gasteiger partial charge in [-0.1, -0.05) is 36.7 Å². The number of nitrogens with zero attached hydrogens (tertiary/aromatic N) is 2. The summed E-state index contributed by atoms with van der Waals surface area (Å²) in [6, 6.07) is 4.00. The van der Waals surface area contributed by atoms with E-state index >= 15 is 0 Å². The highest BCUT2D eigenvalue weighted by molar-refractivity contribution is 7.23. The van der Waals surface area contributed by atoms with Crippen LogP contribution in [0.4, 0.5) is 5.13 Å². The van der Waals surface area contributed by atoms with E-state index in [9.17, 15) is 4.79 Å². The van der Waals surface area contributed by atoms with Crippen molar-refractivity contribution in [2.45, 2.75) is 38.5 Å². The minimum absolute atomic E-state index is 0.0748. The van der Waals surface area contributed by atoms with Crippen molar-refractivity contribution in [2.24, 2.45) is 5.92 Å². The molecule has 0 unspecified atom stereocenters. The van der Waals surface area contributed by atoms with Gasteiger partial charge in [-0.2, -0.15) is 0 Å². The van der Waals surface area contributed by atoms with E-state index in [2.05, 4.69) is 15.5 Å². The van der Waals surface area contributed by atoms with Gasteiger partial charge in [0.1, 0.15) is 0 Å². The van der Waals surface area contributed by atoms with Gasteiger partial charge in [0.15, 0.2) is 5.01 Å². The number of anilines is 1. The normalized spacial score (nSPS) is 16.2. The van der Waals surface area contributed by atoms with Crippen LogP contribution in [0.1, 0.15) is 38.5 Å². The maximum atomic E-state index is 12.0. The first-order valence-electron chi connectivity index (χ1n) is 6.98. The van der Waals surface area contributed by atoms with Crippen LogP contribution in [0.2, 0.25) is 0 Å². The van der Waals surface area contributed by atoms with E-state index in [1.54, 1.807) is 11.3 Å². The van der Waals surface area contributed by atoms with Gasteiger partial charge in [0.05, 0.1) is 4.88 Å².